The van der Waals surface area contributed by atoms with Gasteiger partial charge in [0, 0.05) is 11.6 Å². The van der Waals surface area contributed by atoms with Crippen LogP contribution in [0.15, 0.2) is 23.8 Å². The second kappa shape index (κ2) is 3.60. The highest BCUT2D eigenvalue weighted by molar-refractivity contribution is 5.88. The molecule has 3 aliphatic rings. The van der Waals surface area contributed by atoms with Crippen LogP contribution in [0.3, 0.4) is 0 Å². The van der Waals surface area contributed by atoms with Gasteiger partial charge in [0.2, 0.25) is 0 Å². The summed E-state index contributed by atoms with van der Waals surface area (Å²) in [7, 11) is 0. The van der Waals surface area contributed by atoms with Crippen molar-refractivity contribution < 1.29 is 23.8 Å². The van der Waals surface area contributed by atoms with Gasteiger partial charge in [-0.15, -0.1) is 0 Å². The van der Waals surface area contributed by atoms with Gasteiger partial charge in [0.25, 0.3) is 5.79 Å². The second-order valence-electron chi connectivity index (χ2n) is 5.75. The number of ether oxygens (including phenoxy) is 3. The summed E-state index contributed by atoms with van der Waals surface area (Å²) in [5.74, 6) is -1.60. The maximum Gasteiger partial charge on any atom is 0.412 e. The lowest BCUT2D eigenvalue weighted by atomic mass is 10.1. The molecule has 1 amide bonds. The van der Waals surface area contributed by atoms with Crippen LogP contribution in [0.4, 0.5) is 4.79 Å². The van der Waals surface area contributed by atoms with Gasteiger partial charge >= 0.3 is 12.1 Å². The van der Waals surface area contributed by atoms with Crippen LogP contribution >= 0.6 is 0 Å². The number of nitrogens with zero attached hydrogens (tertiary/aromatic N) is 1. The Morgan fingerprint density at radius 3 is 2.95 bits per heavy atom. The van der Waals surface area contributed by atoms with Crippen LogP contribution in [0.5, 0.6) is 0 Å². The summed E-state index contributed by atoms with van der Waals surface area (Å²) in [6.45, 7) is 5.53. The van der Waals surface area contributed by atoms with Crippen LogP contribution in [0.2, 0.25) is 0 Å². The van der Waals surface area contributed by atoms with Crippen molar-refractivity contribution in [2.24, 2.45) is 0 Å². The lowest BCUT2D eigenvalue weighted by Gasteiger charge is -2.25. The lowest BCUT2D eigenvalue weighted by molar-refractivity contribution is -0.188. The monoisotopic (exact) mass is 265 g/mol. The number of fused-ring (bicyclic) bond motifs is 1. The van der Waals surface area contributed by atoms with E-state index in [2.05, 4.69) is 0 Å². The Balaban J connectivity index is 1.83. The van der Waals surface area contributed by atoms with Gasteiger partial charge in [0.1, 0.15) is 5.60 Å². The zero-order valence-electron chi connectivity index (χ0n) is 11.0. The first kappa shape index (κ1) is 12.2. The molecule has 0 saturated carbocycles. The number of hydrogen-bond acceptors (Lipinski definition) is 5. The molecular formula is C13H15NO5. The molecule has 0 aromatic heterocycles. The number of carbonyl (C=O) groups excluding carboxylic acids is 2. The van der Waals surface area contributed by atoms with Crippen molar-refractivity contribution in [3.05, 3.63) is 23.8 Å². The van der Waals surface area contributed by atoms with E-state index < -0.39 is 29.7 Å². The average molecular weight is 265 g/mol. The van der Waals surface area contributed by atoms with Gasteiger partial charge in [0.05, 0.1) is 6.54 Å². The summed E-state index contributed by atoms with van der Waals surface area (Å²) in [5.41, 5.74) is 0.0556. The zero-order chi connectivity index (χ0) is 13.8. The summed E-state index contributed by atoms with van der Waals surface area (Å²) < 4.78 is 16.2. The van der Waals surface area contributed by atoms with Crippen molar-refractivity contribution in [1.29, 1.82) is 0 Å². The summed E-state index contributed by atoms with van der Waals surface area (Å²) in [5, 5.41) is 0. The highest BCUT2D eigenvalue weighted by atomic mass is 16.7. The molecule has 3 aliphatic heterocycles. The summed E-state index contributed by atoms with van der Waals surface area (Å²) in [4.78, 5) is 24.9. The van der Waals surface area contributed by atoms with Crippen LogP contribution in [-0.2, 0) is 19.0 Å². The number of carbonyl (C=O) groups is 2. The fourth-order valence-electron chi connectivity index (χ4n) is 2.31. The first-order chi connectivity index (χ1) is 8.79. The van der Waals surface area contributed by atoms with E-state index in [4.69, 9.17) is 14.2 Å². The van der Waals surface area contributed by atoms with E-state index in [-0.39, 0.29) is 6.54 Å². The van der Waals surface area contributed by atoms with E-state index in [1.807, 2.05) is 0 Å². The lowest BCUT2D eigenvalue weighted by Crippen LogP contribution is -2.41. The van der Waals surface area contributed by atoms with Gasteiger partial charge < -0.3 is 14.2 Å². The number of hydrogen-bond donors (Lipinski definition) is 0. The smallest absolute Gasteiger partial charge is 0.412 e. The summed E-state index contributed by atoms with van der Waals surface area (Å²) in [6, 6.07) is 0. The molecule has 6 nitrogen and oxygen atoms in total. The Labute approximate surface area is 110 Å². The van der Waals surface area contributed by atoms with Crippen LogP contribution in [-0.4, -0.2) is 41.1 Å². The molecule has 3 rings (SSSR count). The molecule has 2 bridgehead atoms. The van der Waals surface area contributed by atoms with Gasteiger partial charge in [-0.25, -0.2) is 9.59 Å². The second-order valence-corrected chi connectivity index (χ2v) is 5.75. The fraction of sp³-hybridized carbons (Fsp3) is 0.538. The zero-order valence-corrected chi connectivity index (χ0v) is 11.0. The minimum atomic E-state index is -1.15. The molecule has 1 fully saturated rings. The van der Waals surface area contributed by atoms with Crippen molar-refractivity contribution >= 4 is 12.1 Å². The third-order valence-corrected chi connectivity index (χ3v) is 3.04. The number of esters is 1. The molecule has 0 unspecified atom stereocenters. The van der Waals surface area contributed by atoms with E-state index in [0.717, 1.165) is 0 Å². The molecule has 6 heteroatoms. The Hall–Kier alpha value is -1.82. The fourth-order valence-corrected chi connectivity index (χ4v) is 2.31. The minimum absolute atomic E-state index is 0.150. The Kier molecular flexibility index (Phi) is 2.32. The normalized spacial score (nSPS) is 31.9. The van der Waals surface area contributed by atoms with Crippen LogP contribution < -0.4 is 0 Å². The highest BCUT2D eigenvalue weighted by Gasteiger charge is 2.56. The quantitative estimate of drug-likeness (QED) is 0.618. The van der Waals surface area contributed by atoms with Gasteiger partial charge in [0.15, 0.2) is 6.23 Å². The van der Waals surface area contributed by atoms with E-state index >= 15 is 0 Å². The van der Waals surface area contributed by atoms with Crippen LogP contribution in [0, 0.1) is 0 Å². The molecule has 3 heterocycles. The van der Waals surface area contributed by atoms with Crippen molar-refractivity contribution in [3.63, 3.8) is 0 Å². The molecule has 2 atom stereocenters. The summed E-state index contributed by atoms with van der Waals surface area (Å²) >= 11 is 0. The Bertz CT molecular complexity index is 516. The Morgan fingerprint density at radius 2 is 2.26 bits per heavy atom. The van der Waals surface area contributed by atoms with E-state index in [1.165, 1.54) is 11.0 Å². The summed E-state index contributed by atoms with van der Waals surface area (Å²) in [6.07, 6.45) is 3.80. The predicted molar refractivity (Wildman–Crippen MR) is 63.9 cm³/mol. The van der Waals surface area contributed by atoms with Crippen molar-refractivity contribution in [3.8, 4) is 0 Å². The molecule has 102 valence electrons. The number of amides is 1. The van der Waals surface area contributed by atoms with E-state index in [0.29, 0.717) is 5.57 Å². The van der Waals surface area contributed by atoms with Crippen molar-refractivity contribution in [1.82, 2.24) is 4.90 Å². The van der Waals surface area contributed by atoms with Crippen molar-refractivity contribution in [2.45, 2.75) is 38.4 Å². The van der Waals surface area contributed by atoms with Crippen LogP contribution in [0.25, 0.3) is 0 Å². The maximum absolute atomic E-state index is 12.1. The molecule has 0 aliphatic carbocycles. The molecule has 0 aromatic rings. The largest absolute Gasteiger partial charge is 0.444 e. The first-order valence-corrected chi connectivity index (χ1v) is 6.10. The first-order valence-electron chi connectivity index (χ1n) is 6.10. The standard InChI is InChI=1S/C13H15NO5/c1-12(2,3)19-11(16)14-7-13-8(6-10(15)18-13)4-5-9(14)17-13/h4-6,9H,7H2,1-3H3/t9-,13+/m0/s1. The van der Waals surface area contributed by atoms with Gasteiger partial charge in [-0.3, -0.25) is 4.90 Å². The predicted octanol–water partition coefficient (Wildman–Crippen LogP) is 1.33. The molecule has 0 aromatic carbocycles. The molecule has 1 saturated heterocycles. The number of rotatable bonds is 0. The maximum atomic E-state index is 12.1. The molecule has 0 N–H and O–H groups in total. The van der Waals surface area contributed by atoms with E-state index in [9.17, 15) is 9.59 Å². The molecular weight excluding hydrogens is 250 g/mol. The minimum Gasteiger partial charge on any atom is -0.444 e. The third kappa shape index (κ3) is 1.92. The molecule has 0 radical (unpaired) electrons. The molecule has 19 heavy (non-hydrogen) atoms. The van der Waals surface area contributed by atoms with Gasteiger partial charge in [-0.2, -0.15) is 0 Å². The Morgan fingerprint density at radius 1 is 1.53 bits per heavy atom. The SMILES string of the molecule is CC(C)(C)OC(=O)N1C[C@@]23OC(=O)C=C2C=C[C@@H]1O3. The van der Waals surface area contributed by atoms with E-state index in [1.54, 1.807) is 32.9 Å². The third-order valence-electron chi connectivity index (χ3n) is 3.04. The highest BCUT2D eigenvalue weighted by Crippen LogP contribution is 2.42. The molecule has 1 spiro atoms. The van der Waals surface area contributed by atoms with Crippen molar-refractivity contribution in [2.75, 3.05) is 6.54 Å². The van der Waals surface area contributed by atoms with Crippen LogP contribution in [0.1, 0.15) is 20.8 Å². The van der Waals surface area contributed by atoms with Gasteiger partial charge in [-0.05, 0) is 26.8 Å². The average Bonchev–Trinajstić information content (AvgIpc) is 2.73. The topological polar surface area (TPSA) is 65.1 Å². The van der Waals surface area contributed by atoms with Gasteiger partial charge in [-0.1, -0.05) is 6.08 Å².